The first-order chi connectivity index (χ1) is 18.0. The number of hydrogen-bond acceptors (Lipinski definition) is 6. The van der Waals surface area contributed by atoms with Crippen LogP contribution in [-0.2, 0) is 4.74 Å². The number of anilines is 1. The zero-order valence-corrected chi connectivity index (χ0v) is 22.8. The average Bonchev–Trinajstić information content (AvgIpc) is 3.51. The quantitative estimate of drug-likeness (QED) is 0.176. The molecule has 1 aliphatic heterocycles. The number of aryl methyl sites for hydroxylation is 1. The van der Waals surface area contributed by atoms with Crippen molar-refractivity contribution >= 4 is 46.4 Å². The van der Waals surface area contributed by atoms with Crippen molar-refractivity contribution in [3.05, 3.63) is 101 Å². The zero-order valence-electron chi connectivity index (χ0n) is 20.4. The van der Waals surface area contributed by atoms with Crippen LogP contribution in [0.15, 0.2) is 93.4 Å². The van der Waals surface area contributed by atoms with Crippen molar-refractivity contribution in [2.45, 2.75) is 29.0 Å². The lowest BCUT2D eigenvalue weighted by molar-refractivity contribution is 0.146. The fraction of sp³-hybridized carbons (Fsp3) is 0.214. The number of rotatable bonds is 9. The molecule has 0 spiro atoms. The third-order valence-corrected chi connectivity index (χ3v) is 7.51. The normalized spacial score (nSPS) is 17.2. The van der Waals surface area contributed by atoms with E-state index in [9.17, 15) is 0 Å². The summed E-state index contributed by atoms with van der Waals surface area (Å²) in [5.74, 6) is 1.36. The van der Waals surface area contributed by atoms with E-state index in [1.807, 2.05) is 53.4 Å². The van der Waals surface area contributed by atoms with Gasteiger partial charge in [-0.05, 0) is 73.7 Å². The van der Waals surface area contributed by atoms with Gasteiger partial charge in [-0.25, -0.2) is 0 Å². The number of halogens is 1. The molecule has 0 unspecified atom stereocenters. The average molecular weight is 552 g/mol. The third-order valence-electron chi connectivity index (χ3n) is 5.97. The topological polar surface area (TPSA) is 59.8 Å². The molecule has 9 heteroatoms. The highest BCUT2D eigenvalue weighted by Gasteiger charge is 2.42. The Kier molecular flexibility index (Phi) is 8.00. The van der Waals surface area contributed by atoms with Crippen molar-refractivity contribution in [2.24, 2.45) is 0 Å². The van der Waals surface area contributed by atoms with Crippen LogP contribution in [0.5, 0.6) is 5.75 Å². The van der Waals surface area contributed by atoms with Gasteiger partial charge < -0.3 is 24.1 Å². The highest BCUT2D eigenvalue weighted by molar-refractivity contribution is 7.99. The highest BCUT2D eigenvalue weighted by Crippen LogP contribution is 2.44. The number of hydrogen-bond donors (Lipinski definition) is 1. The Bertz CT molecular complexity index is 1360. The summed E-state index contributed by atoms with van der Waals surface area (Å²) in [5, 5.41) is 5.30. The second kappa shape index (κ2) is 11.6. The molecule has 0 saturated carbocycles. The molecule has 2 atom stereocenters. The number of furan rings is 1. The first-order valence-corrected chi connectivity index (χ1v) is 13.4. The molecule has 6 nitrogen and oxygen atoms in total. The van der Waals surface area contributed by atoms with Crippen LogP contribution in [0.2, 0.25) is 5.02 Å². The molecule has 1 aliphatic rings. The van der Waals surface area contributed by atoms with Crippen LogP contribution in [-0.4, -0.2) is 30.4 Å². The Morgan fingerprint density at radius 3 is 2.65 bits per heavy atom. The van der Waals surface area contributed by atoms with E-state index in [2.05, 4.69) is 41.5 Å². The van der Waals surface area contributed by atoms with E-state index in [-0.39, 0.29) is 12.1 Å². The van der Waals surface area contributed by atoms with Crippen LogP contribution in [0.25, 0.3) is 0 Å². The number of pyridine rings is 1. The number of nitrogens with zero attached hydrogens (tertiary/aromatic N) is 2. The Morgan fingerprint density at radius 1 is 1.08 bits per heavy atom. The molecule has 0 aliphatic carbocycles. The Morgan fingerprint density at radius 2 is 1.92 bits per heavy atom. The number of thiocarbonyl (C=S) groups is 1. The van der Waals surface area contributed by atoms with Crippen LogP contribution in [0.3, 0.4) is 0 Å². The Labute approximate surface area is 230 Å². The molecule has 1 N–H and O–H groups in total. The second-order valence-corrected chi connectivity index (χ2v) is 10.4. The number of nitrogens with one attached hydrogen (secondary N) is 1. The molecule has 1 saturated heterocycles. The number of methoxy groups -OCH3 is 1. The van der Waals surface area contributed by atoms with Gasteiger partial charge in [0.05, 0.1) is 23.4 Å². The summed E-state index contributed by atoms with van der Waals surface area (Å²) >= 11 is 14.0. The molecule has 0 bridgehead atoms. The standard InChI is InChI=1S/C28H26ClN3O3S2/c1-18-6-9-20(10-7-18)37-25-13-12-24(35-25)27-26(22-5-3-4-14-30-22)31-28(36)32(27)19-8-11-23(21(29)17-19)34-16-15-33-2/h3-14,17,26-27H,15-16H2,1-2H3,(H,31,36)/t26-,27-/m1/s1. The van der Waals surface area contributed by atoms with Gasteiger partial charge in [0.2, 0.25) is 0 Å². The van der Waals surface area contributed by atoms with Gasteiger partial charge in [0, 0.05) is 23.9 Å². The van der Waals surface area contributed by atoms with E-state index in [0.29, 0.717) is 29.1 Å². The number of benzene rings is 2. The van der Waals surface area contributed by atoms with Crippen molar-refractivity contribution in [3.8, 4) is 5.75 Å². The van der Waals surface area contributed by atoms with Crippen LogP contribution in [0.4, 0.5) is 5.69 Å². The van der Waals surface area contributed by atoms with E-state index in [1.165, 1.54) is 5.56 Å². The molecule has 37 heavy (non-hydrogen) atoms. The fourth-order valence-electron chi connectivity index (χ4n) is 4.18. The molecule has 0 amide bonds. The van der Waals surface area contributed by atoms with Gasteiger partial charge in [-0.1, -0.05) is 47.1 Å². The minimum Gasteiger partial charge on any atom is -0.490 e. The summed E-state index contributed by atoms with van der Waals surface area (Å²) in [7, 11) is 1.63. The van der Waals surface area contributed by atoms with E-state index >= 15 is 0 Å². The van der Waals surface area contributed by atoms with Crippen LogP contribution in [0, 0.1) is 6.92 Å². The lowest BCUT2D eigenvalue weighted by Gasteiger charge is -2.26. The Balaban J connectivity index is 1.48. The van der Waals surface area contributed by atoms with Gasteiger partial charge in [-0.3, -0.25) is 4.98 Å². The molecule has 5 rings (SSSR count). The maximum absolute atomic E-state index is 6.59. The third kappa shape index (κ3) is 5.78. The van der Waals surface area contributed by atoms with Gasteiger partial charge in [0.1, 0.15) is 24.2 Å². The largest absolute Gasteiger partial charge is 0.490 e. The summed E-state index contributed by atoms with van der Waals surface area (Å²) in [6, 6.07) is 23.4. The Hall–Kier alpha value is -3.04. The first kappa shape index (κ1) is 25.6. The minimum atomic E-state index is -0.272. The van der Waals surface area contributed by atoms with Crippen LogP contribution >= 0.6 is 35.6 Å². The van der Waals surface area contributed by atoms with Crippen molar-refractivity contribution in [3.63, 3.8) is 0 Å². The minimum absolute atomic E-state index is 0.214. The molecule has 0 radical (unpaired) electrons. The highest BCUT2D eigenvalue weighted by atomic mass is 35.5. The molecule has 190 valence electrons. The van der Waals surface area contributed by atoms with E-state index in [4.69, 9.17) is 37.7 Å². The van der Waals surface area contributed by atoms with Crippen molar-refractivity contribution in [2.75, 3.05) is 25.2 Å². The molecule has 3 heterocycles. The first-order valence-electron chi connectivity index (χ1n) is 11.8. The summed E-state index contributed by atoms with van der Waals surface area (Å²) in [5.41, 5.74) is 2.92. The predicted molar refractivity (Wildman–Crippen MR) is 151 cm³/mol. The van der Waals surface area contributed by atoms with Gasteiger partial charge in [-0.15, -0.1) is 0 Å². The van der Waals surface area contributed by atoms with E-state index < -0.39 is 0 Å². The smallest absolute Gasteiger partial charge is 0.174 e. The predicted octanol–water partition coefficient (Wildman–Crippen LogP) is 6.99. The SMILES string of the molecule is COCCOc1ccc(N2C(=S)N[C@H](c3ccccn3)[C@H]2c2ccc(Sc3ccc(C)cc3)o2)cc1Cl. The van der Waals surface area contributed by atoms with Crippen molar-refractivity contribution in [1.82, 2.24) is 10.3 Å². The maximum atomic E-state index is 6.59. The van der Waals surface area contributed by atoms with Crippen LogP contribution in [0.1, 0.15) is 29.1 Å². The maximum Gasteiger partial charge on any atom is 0.174 e. The summed E-state index contributed by atoms with van der Waals surface area (Å²) in [4.78, 5) is 7.74. The van der Waals surface area contributed by atoms with Gasteiger partial charge in [0.25, 0.3) is 0 Å². The lowest BCUT2D eigenvalue weighted by atomic mass is 10.0. The van der Waals surface area contributed by atoms with Crippen molar-refractivity contribution < 1.29 is 13.9 Å². The fourth-order valence-corrected chi connectivity index (χ4v) is 5.54. The molecule has 2 aromatic carbocycles. The molecule has 2 aromatic heterocycles. The summed E-state index contributed by atoms with van der Waals surface area (Å²) < 4.78 is 17.2. The monoisotopic (exact) mass is 551 g/mol. The summed E-state index contributed by atoms with van der Waals surface area (Å²) in [6.07, 6.45) is 1.78. The van der Waals surface area contributed by atoms with E-state index in [1.54, 1.807) is 25.1 Å². The zero-order chi connectivity index (χ0) is 25.8. The molecular weight excluding hydrogens is 526 g/mol. The molecular formula is C28H26ClN3O3S2. The number of aromatic nitrogens is 1. The molecule has 4 aromatic rings. The lowest BCUT2D eigenvalue weighted by Crippen LogP contribution is -2.29. The van der Waals surface area contributed by atoms with Gasteiger partial charge in [0.15, 0.2) is 10.2 Å². The van der Waals surface area contributed by atoms with E-state index in [0.717, 1.165) is 27.1 Å². The van der Waals surface area contributed by atoms with Gasteiger partial charge >= 0.3 is 0 Å². The van der Waals surface area contributed by atoms with Crippen molar-refractivity contribution in [1.29, 1.82) is 0 Å². The van der Waals surface area contributed by atoms with Gasteiger partial charge in [-0.2, -0.15) is 0 Å². The second-order valence-electron chi connectivity index (χ2n) is 8.52. The number of ether oxygens (including phenoxy) is 2. The molecule has 1 fully saturated rings. The summed E-state index contributed by atoms with van der Waals surface area (Å²) in [6.45, 7) is 2.97. The van der Waals surface area contributed by atoms with Crippen LogP contribution < -0.4 is 15.0 Å².